The third-order valence-corrected chi connectivity index (χ3v) is 6.93. The molecule has 1 saturated heterocycles. The van der Waals surface area contributed by atoms with Crippen LogP contribution >= 0.6 is 11.3 Å². The lowest BCUT2D eigenvalue weighted by molar-refractivity contribution is -0.132. The molecule has 1 aliphatic rings. The van der Waals surface area contributed by atoms with Gasteiger partial charge >= 0.3 is 11.9 Å². The molecule has 2 aromatic carbocycles. The number of amides is 1. The molecule has 1 N–H and O–H groups in total. The molecular formula is C27H23FN2O5S. The Kier molecular flexibility index (Phi) is 6.85. The number of halogens is 1. The summed E-state index contributed by atoms with van der Waals surface area (Å²) in [5.41, 5.74) is 2.06. The Morgan fingerprint density at radius 2 is 1.89 bits per heavy atom. The third-order valence-electron chi connectivity index (χ3n) is 5.79. The highest BCUT2D eigenvalue weighted by molar-refractivity contribution is 7.17. The molecular weight excluding hydrogens is 483 g/mol. The molecule has 0 bridgehead atoms. The van der Waals surface area contributed by atoms with E-state index in [1.165, 1.54) is 18.2 Å². The number of hydrogen-bond donors (Lipinski definition) is 1. The molecule has 2 heterocycles. The molecule has 0 radical (unpaired) electrons. The van der Waals surface area contributed by atoms with Crippen molar-refractivity contribution in [2.75, 3.05) is 11.5 Å². The largest absolute Gasteiger partial charge is 0.507 e. The van der Waals surface area contributed by atoms with E-state index >= 15 is 0 Å². The zero-order valence-electron chi connectivity index (χ0n) is 19.9. The van der Waals surface area contributed by atoms with Crippen molar-refractivity contribution >= 4 is 39.9 Å². The number of aliphatic hydroxyl groups excluding tert-OH is 1. The first-order valence-corrected chi connectivity index (χ1v) is 11.8. The van der Waals surface area contributed by atoms with Crippen molar-refractivity contribution in [3.8, 4) is 0 Å². The molecule has 36 heavy (non-hydrogen) atoms. The molecule has 7 nitrogen and oxygen atoms in total. The molecule has 184 valence electrons. The molecule has 4 rings (SSSR count). The van der Waals surface area contributed by atoms with Crippen LogP contribution in [0, 0.1) is 26.6 Å². The first-order chi connectivity index (χ1) is 17.1. The number of rotatable bonds is 6. The second kappa shape index (κ2) is 9.87. The Morgan fingerprint density at radius 1 is 1.19 bits per heavy atom. The highest BCUT2D eigenvalue weighted by Crippen LogP contribution is 2.44. The molecule has 1 atom stereocenters. The van der Waals surface area contributed by atoms with Crippen molar-refractivity contribution in [3.05, 3.63) is 99.3 Å². The smallest absolute Gasteiger partial charge is 0.350 e. The summed E-state index contributed by atoms with van der Waals surface area (Å²) in [7, 11) is 0. The van der Waals surface area contributed by atoms with Crippen LogP contribution in [-0.4, -0.2) is 34.4 Å². The average Bonchev–Trinajstić information content (AvgIpc) is 3.36. The topological polar surface area (TPSA) is 96.8 Å². The van der Waals surface area contributed by atoms with Gasteiger partial charge in [0.05, 0.1) is 17.3 Å². The SMILES string of the molecule is C=CCOC(=O)c1sc(N2C(=O)C(=O)C(=C(O)c3ccc(C)c(F)c3)[C@@H]2c2ccc(C)cc2)nc1C. The molecule has 1 aliphatic heterocycles. The number of thiazole rings is 1. The van der Waals surface area contributed by atoms with Crippen molar-refractivity contribution in [2.45, 2.75) is 26.8 Å². The van der Waals surface area contributed by atoms with Gasteiger partial charge in [-0.1, -0.05) is 66.0 Å². The lowest BCUT2D eigenvalue weighted by atomic mass is 9.94. The van der Waals surface area contributed by atoms with Gasteiger partial charge in [-0.2, -0.15) is 0 Å². The van der Waals surface area contributed by atoms with E-state index in [-0.39, 0.29) is 27.8 Å². The van der Waals surface area contributed by atoms with Crippen LogP contribution in [0.5, 0.6) is 0 Å². The number of aliphatic hydroxyl groups is 1. The van der Waals surface area contributed by atoms with Crippen molar-refractivity contribution in [2.24, 2.45) is 0 Å². The lowest BCUT2D eigenvalue weighted by Gasteiger charge is -2.23. The molecule has 1 aromatic heterocycles. The van der Waals surface area contributed by atoms with Crippen LogP contribution < -0.4 is 4.90 Å². The first-order valence-electron chi connectivity index (χ1n) is 11.0. The number of carbonyl (C=O) groups is 3. The van der Waals surface area contributed by atoms with Crippen LogP contribution in [0.2, 0.25) is 0 Å². The van der Waals surface area contributed by atoms with E-state index in [9.17, 15) is 23.9 Å². The van der Waals surface area contributed by atoms with Gasteiger partial charge in [-0.25, -0.2) is 14.2 Å². The Bertz CT molecular complexity index is 1420. The number of ether oxygens (including phenoxy) is 1. The van der Waals surface area contributed by atoms with E-state index in [4.69, 9.17) is 4.74 Å². The van der Waals surface area contributed by atoms with Gasteiger partial charge in [-0.15, -0.1) is 0 Å². The number of aryl methyl sites for hydroxylation is 3. The summed E-state index contributed by atoms with van der Waals surface area (Å²) in [5, 5.41) is 11.2. The second-order valence-corrected chi connectivity index (χ2v) is 9.32. The third kappa shape index (κ3) is 4.45. The molecule has 1 fully saturated rings. The number of ketones is 1. The molecule has 0 unspecified atom stereocenters. The maximum absolute atomic E-state index is 14.3. The van der Waals surface area contributed by atoms with Gasteiger partial charge in [0.2, 0.25) is 0 Å². The number of benzene rings is 2. The fourth-order valence-electron chi connectivity index (χ4n) is 3.86. The lowest BCUT2D eigenvalue weighted by Crippen LogP contribution is -2.29. The van der Waals surface area contributed by atoms with E-state index in [0.29, 0.717) is 16.8 Å². The molecule has 0 aliphatic carbocycles. The fraction of sp³-hybridized carbons (Fsp3) is 0.185. The summed E-state index contributed by atoms with van der Waals surface area (Å²) in [5.74, 6) is -3.55. The molecule has 3 aromatic rings. The van der Waals surface area contributed by atoms with E-state index < -0.39 is 35.3 Å². The van der Waals surface area contributed by atoms with Gasteiger partial charge in [-0.3, -0.25) is 14.5 Å². The average molecular weight is 507 g/mol. The van der Waals surface area contributed by atoms with Crippen LogP contribution in [0.15, 0.2) is 60.7 Å². The summed E-state index contributed by atoms with van der Waals surface area (Å²) in [6, 6.07) is 10.1. The van der Waals surface area contributed by atoms with Crippen LogP contribution in [-0.2, 0) is 14.3 Å². The number of hydrogen-bond acceptors (Lipinski definition) is 7. The number of nitrogens with zero attached hydrogens (tertiary/aromatic N) is 2. The standard InChI is InChI=1S/C27H23FN2O5S/c1-5-12-35-26(34)24-16(4)29-27(36-24)30-21(17-9-6-14(2)7-10-17)20(23(32)25(30)33)22(31)18-11-8-15(3)19(28)13-18/h5-11,13,21,31H,1,12H2,2-4H3/t21-/m0/s1. The highest BCUT2D eigenvalue weighted by Gasteiger charge is 2.48. The van der Waals surface area contributed by atoms with E-state index in [0.717, 1.165) is 27.9 Å². The number of Topliss-reactive ketones (excluding diaryl/α,β-unsaturated/α-hetero) is 1. The summed E-state index contributed by atoms with van der Waals surface area (Å²) in [6.07, 6.45) is 1.43. The highest BCUT2D eigenvalue weighted by atomic mass is 32.1. The Morgan fingerprint density at radius 3 is 2.53 bits per heavy atom. The first kappa shape index (κ1) is 25.0. The van der Waals surface area contributed by atoms with Crippen molar-refractivity contribution in [1.29, 1.82) is 0 Å². The summed E-state index contributed by atoms with van der Waals surface area (Å²) in [4.78, 5) is 44.7. The minimum absolute atomic E-state index is 0.00645. The van der Waals surface area contributed by atoms with Crippen molar-refractivity contribution < 1.29 is 28.6 Å². The number of aromatic nitrogens is 1. The second-order valence-electron chi connectivity index (χ2n) is 8.34. The summed E-state index contributed by atoms with van der Waals surface area (Å²) in [6.45, 7) is 8.58. The molecule has 0 saturated carbocycles. The molecule has 0 spiro atoms. The van der Waals surface area contributed by atoms with E-state index in [2.05, 4.69) is 11.6 Å². The number of esters is 1. The van der Waals surface area contributed by atoms with Crippen LogP contribution in [0.1, 0.15) is 43.7 Å². The van der Waals surface area contributed by atoms with Gasteiger partial charge in [0.25, 0.3) is 5.78 Å². The van der Waals surface area contributed by atoms with Crippen molar-refractivity contribution in [3.63, 3.8) is 0 Å². The molecule has 9 heteroatoms. The van der Waals surface area contributed by atoms with Gasteiger partial charge in [0.1, 0.15) is 23.1 Å². The predicted molar refractivity (Wildman–Crippen MR) is 134 cm³/mol. The van der Waals surface area contributed by atoms with Gasteiger partial charge in [0.15, 0.2) is 5.13 Å². The quantitative estimate of drug-likeness (QED) is 0.163. The molecule has 1 amide bonds. The zero-order valence-corrected chi connectivity index (χ0v) is 20.7. The van der Waals surface area contributed by atoms with Gasteiger partial charge in [-0.05, 0) is 38.0 Å². The predicted octanol–water partition coefficient (Wildman–Crippen LogP) is 5.18. The maximum Gasteiger partial charge on any atom is 0.350 e. The number of carbonyl (C=O) groups excluding carboxylic acids is 3. The van der Waals surface area contributed by atoms with Crippen LogP contribution in [0.3, 0.4) is 0 Å². The monoisotopic (exact) mass is 506 g/mol. The zero-order chi connectivity index (χ0) is 26.1. The van der Waals surface area contributed by atoms with Crippen molar-refractivity contribution in [1.82, 2.24) is 4.98 Å². The summed E-state index contributed by atoms with van der Waals surface area (Å²) >= 11 is 0.905. The van der Waals surface area contributed by atoms with E-state index in [1.54, 1.807) is 26.0 Å². The van der Waals surface area contributed by atoms with Crippen LogP contribution in [0.4, 0.5) is 9.52 Å². The van der Waals surface area contributed by atoms with E-state index in [1.807, 2.05) is 19.1 Å². The summed E-state index contributed by atoms with van der Waals surface area (Å²) < 4.78 is 19.4. The van der Waals surface area contributed by atoms with Gasteiger partial charge < -0.3 is 9.84 Å². The Hall–Kier alpha value is -4.11. The maximum atomic E-state index is 14.3. The normalized spacial score (nSPS) is 16.9. The minimum Gasteiger partial charge on any atom is -0.507 e. The number of anilines is 1. The minimum atomic E-state index is -1.04. The van der Waals surface area contributed by atoms with Crippen LogP contribution in [0.25, 0.3) is 5.76 Å². The Balaban J connectivity index is 1.89. The van der Waals surface area contributed by atoms with Gasteiger partial charge in [0, 0.05) is 5.56 Å². The fourth-order valence-corrected chi connectivity index (χ4v) is 4.85. The Labute approximate surface area is 211 Å².